The molecule has 0 amide bonds. The molecule has 1 unspecified atom stereocenters. The van der Waals surface area contributed by atoms with Crippen molar-refractivity contribution in [2.75, 3.05) is 13.2 Å². The van der Waals surface area contributed by atoms with Crippen molar-refractivity contribution in [2.45, 2.75) is 26.3 Å². The molecule has 18 heavy (non-hydrogen) atoms. The molecule has 0 bridgehead atoms. The van der Waals surface area contributed by atoms with Crippen molar-refractivity contribution >= 4 is 11.0 Å². The van der Waals surface area contributed by atoms with Crippen LogP contribution in [0.15, 0.2) is 24.5 Å². The van der Waals surface area contributed by atoms with Gasteiger partial charge in [0.25, 0.3) is 0 Å². The summed E-state index contributed by atoms with van der Waals surface area (Å²) in [6.07, 6.45) is 5.98. The van der Waals surface area contributed by atoms with E-state index in [9.17, 15) is 0 Å². The number of H-pyrrole nitrogens is 1. The van der Waals surface area contributed by atoms with E-state index in [-0.39, 0.29) is 6.61 Å². The highest BCUT2D eigenvalue weighted by Crippen LogP contribution is 2.15. The monoisotopic (exact) mass is 247 g/mol. The Balaban J connectivity index is 1.77. The molecule has 0 spiro atoms. The van der Waals surface area contributed by atoms with Crippen molar-refractivity contribution in [2.24, 2.45) is 5.92 Å². The number of aromatic nitrogens is 2. The fourth-order valence-corrected chi connectivity index (χ4v) is 2.05. The number of hydrogen-bond acceptors (Lipinski definition) is 3. The first kappa shape index (κ1) is 13.1. The van der Waals surface area contributed by atoms with E-state index in [1.165, 1.54) is 10.9 Å². The lowest BCUT2D eigenvalue weighted by Crippen LogP contribution is -2.15. The zero-order chi connectivity index (χ0) is 12.8. The fraction of sp³-hybridized carbons (Fsp3) is 0.500. The molecule has 2 rings (SSSR count). The number of nitrogens with zero attached hydrogens (tertiary/aromatic N) is 1. The second-order valence-electron chi connectivity index (χ2n) is 4.82. The predicted molar refractivity (Wildman–Crippen MR) is 73.3 cm³/mol. The lowest BCUT2D eigenvalue weighted by atomic mass is 10.1. The van der Waals surface area contributed by atoms with E-state index in [1.807, 2.05) is 12.3 Å². The molecule has 0 saturated carbocycles. The Hall–Kier alpha value is -1.39. The molecule has 3 N–H and O–H groups in total. The number of nitrogens with one attached hydrogen (secondary N) is 2. The summed E-state index contributed by atoms with van der Waals surface area (Å²) in [5, 5.41) is 13.5. The maximum atomic E-state index is 8.93. The van der Waals surface area contributed by atoms with E-state index < -0.39 is 0 Å². The van der Waals surface area contributed by atoms with Gasteiger partial charge in [-0.05, 0) is 43.0 Å². The van der Waals surface area contributed by atoms with Crippen LogP contribution in [0.3, 0.4) is 0 Å². The van der Waals surface area contributed by atoms with Crippen molar-refractivity contribution in [3.8, 4) is 0 Å². The lowest BCUT2D eigenvalue weighted by molar-refractivity contribution is 0.228. The van der Waals surface area contributed by atoms with Gasteiger partial charge in [0, 0.05) is 30.9 Å². The first-order valence-corrected chi connectivity index (χ1v) is 6.54. The smallest absolute Gasteiger partial charge is 0.137 e. The Morgan fingerprint density at radius 2 is 2.39 bits per heavy atom. The molecule has 0 aliphatic carbocycles. The number of hydrogen-bond donors (Lipinski definition) is 3. The van der Waals surface area contributed by atoms with Crippen LogP contribution in [-0.4, -0.2) is 28.2 Å². The van der Waals surface area contributed by atoms with Crippen LogP contribution < -0.4 is 5.32 Å². The van der Waals surface area contributed by atoms with Gasteiger partial charge in [0.05, 0.1) is 0 Å². The minimum absolute atomic E-state index is 0.286. The van der Waals surface area contributed by atoms with E-state index in [0.29, 0.717) is 5.92 Å². The van der Waals surface area contributed by atoms with Gasteiger partial charge in [0.2, 0.25) is 0 Å². The van der Waals surface area contributed by atoms with Crippen LogP contribution in [0, 0.1) is 5.92 Å². The van der Waals surface area contributed by atoms with Gasteiger partial charge in [-0.2, -0.15) is 0 Å². The normalized spacial score (nSPS) is 13.0. The summed E-state index contributed by atoms with van der Waals surface area (Å²) in [4.78, 5) is 7.44. The van der Waals surface area contributed by atoms with Crippen LogP contribution in [0.5, 0.6) is 0 Å². The average molecular weight is 247 g/mol. The van der Waals surface area contributed by atoms with Gasteiger partial charge >= 0.3 is 0 Å². The minimum Gasteiger partial charge on any atom is -0.396 e. The summed E-state index contributed by atoms with van der Waals surface area (Å²) in [7, 11) is 0. The highest BCUT2D eigenvalue weighted by Gasteiger charge is 2.03. The zero-order valence-electron chi connectivity index (χ0n) is 10.8. The van der Waals surface area contributed by atoms with Crippen LogP contribution in [0.25, 0.3) is 11.0 Å². The second-order valence-corrected chi connectivity index (χ2v) is 4.82. The van der Waals surface area contributed by atoms with E-state index in [4.69, 9.17) is 5.11 Å². The van der Waals surface area contributed by atoms with Crippen LogP contribution in [0.1, 0.15) is 25.3 Å². The first-order chi connectivity index (χ1) is 8.81. The molecular weight excluding hydrogens is 226 g/mol. The highest BCUT2D eigenvalue weighted by molar-refractivity contribution is 5.79. The van der Waals surface area contributed by atoms with E-state index >= 15 is 0 Å². The van der Waals surface area contributed by atoms with Gasteiger partial charge in [-0.15, -0.1) is 0 Å². The molecule has 0 aliphatic heterocycles. The standard InChI is InChI=1S/C14H21N3O/c1-11(10-18)4-2-6-15-8-12-9-17-14-13(12)5-3-7-16-14/h3,5,7,9,11,15,18H,2,4,6,8,10H2,1H3,(H,16,17). The number of aliphatic hydroxyl groups is 1. The maximum absolute atomic E-state index is 8.93. The molecule has 1 atom stereocenters. The van der Waals surface area contributed by atoms with Gasteiger partial charge in [0.1, 0.15) is 5.65 Å². The van der Waals surface area contributed by atoms with Gasteiger partial charge in [0.15, 0.2) is 0 Å². The van der Waals surface area contributed by atoms with Crippen molar-refractivity contribution < 1.29 is 5.11 Å². The number of aliphatic hydroxyl groups excluding tert-OH is 1. The molecule has 0 saturated heterocycles. The predicted octanol–water partition coefficient (Wildman–Crippen LogP) is 2.06. The Labute approximate surface area is 107 Å². The van der Waals surface area contributed by atoms with Crippen molar-refractivity contribution in [1.29, 1.82) is 0 Å². The minimum atomic E-state index is 0.286. The number of rotatable bonds is 7. The molecule has 0 fully saturated rings. The summed E-state index contributed by atoms with van der Waals surface area (Å²) >= 11 is 0. The topological polar surface area (TPSA) is 60.9 Å². The Morgan fingerprint density at radius 1 is 1.50 bits per heavy atom. The van der Waals surface area contributed by atoms with Gasteiger partial charge in [-0.25, -0.2) is 4.98 Å². The molecule has 2 aromatic rings. The van der Waals surface area contributed by atoms with Gasteiger partial charge < -0.3 is 15.4 Å². The van der Waals surface area contributed by atoms with E-state index in [1.54, 1.807) is 6.20 Å². The van der Waals surface area contributed by atoms with Crippen molar-refractivity contribution in [3.05, 3.63) is 30.1 Å². The second kappa shape index (κ2) is 6.52. The molecule has 4 nitrogen and oxygen atoms in total. The SMILES string of the molecule is CC(CO)CCCNCc1c[nH]c2ncccc12. The zero-order valence-corrected chi connectivity index (χ0v) is 10.8. The number of fused-ring (bicyclic) bond motifs is 1. The summed E-state index contributed by atoms with van der Waals surface area (Å²) in [6, 6.07) is 4.05. The first-order valence-electron chi connectivity index (χ1n) is 6.54. The molecule has 0 aromatic carbocycles. The Kier molecular flexibility index (Phi) is 4.73. The molecule has 2 aromatic heterocycles. The third kappa shape index (κ3) is 3.31. The molecular formula is C14H21N3O. The number of pyridine rings is 1. The lowest BCUT2D eigenvalue weighted by Gasteiger charge is -2.07. The summed E-state index contributed by atoms with van der Waals surface area (Å²) < 4.78 is 0. The van der Waals surface area contributed by atoms with Crippen LogP contribution in [0.2, 0.25) is 0 Å². The van der Waals surface area contributed by atoms with Crippen LogP contribution >= 0.6 is 0 Å². The van der Waals surface area contributed by atoms with Crippen LogP contribution in [-0.2, 0) is 6.54 Å². The molecule has 0 aliphatic rings. The molecule has 2 heterocycles. The van der Waals surface area contributed by atoms with E-state index in [2.05, 4.69) is 28.3 Å². The summed E-state index contributed by atoms with van der Waals surface area (Å²) in [5.74, 6) is 0.407. The summed E-state index contributed by atoms with van der Waals surface area (Å²) in [6.45, 7) is 4.20. The van der Waals surface area contributed by atoms with E-state index in [0.717, 1.165) is 31.6 Å². The van der Waals surface area contributed by atoms with Crippen LogP contribution in [0.4, 0.5) is 0 Å². The quantitative estimate of drug-likeness (QED) is 0.656. The third-order valence-electron chi connectivity index (χ3n) is 3.21. The Morgan fingerprint density at radius 3 is 3.22 bits per heavy atom. The fourth-order valence-electron chi connectivity index (χ4n) is 2.05. The van der Waals surface area contributed by atoms with Crippen molar-refractivity contribution in [3.63, 3.8) is 0 Å². The maximum Gasteiger partial charge on any atom is 0.137 e. The molecule has 4 heteroatoms. The third-order valence-corrected chi connectivity index (χ3v) is 3.21. The van der Waals surface area contributed by atoms with Crippen molar-refractivity contribution in [1.82, 2.24) is 15.3 Å². The Bertz CT molecular complexity index is 481. The number of aromatic amines is 1. The average Bonchev–Trinajstić information content (AvgIpc) is 2.81. The largest absolute Gasteiger partial charge is 0.396 e. The van der Waals surface area contributed by atoms with Gasteiger partial charge in [-0.3, -0.25) is 0 Å². The highest BCUT2D eigenvalue weighted by atomic mass is 16.3. The van der Waals surface area contributed by atoms with Gasteiger partial charge in [-0.1, -0.05) is 6.92 Å². The molecule has 98 valence electrons. The summed E-state index contributed by atoms with van der Waals surface area (Å²) in [5.41, 5.74) is 2.21. The molecule has 0 radical (unpaired) electrons.